The quantitative estimate of drug-likeness (QED) is 0.433. The molecule has 0 aliphatic heterocycles. The minimum absolute atomic E-state index is 1.31. The average Bonchev–Trinajstić information content (AvgIpc) is 2.31. The summed E-state index contributed by atoms with van der Waals surface area (Å²) in [6, 6.07) is 4.11. The summed E-state index contributed by atoms with van der Waals surface area (Å²) in [6.45, 7) is 10.9. The van der Waals surface area contributed by atoms with E-state index >= 15 is 0 Å². The largest absolute Gasteiger partial charge is 0.412 e. The van der Waals surface area contributed by atoms with Gasteiger partial charge in [-0.2, -0.15) is 0 Å². The monoisotopic (exact) mass is 243 g/mol. The van der Waals surface area contributed by atoms with Crippen molar-refractivity contribution >= 4 is 8.32 Å². The van der Waals surface area contributed by atoms with Crippen molar-refractivity contribution < 1.29 is 4.43 Å². The molecule has 0 atom stereocenters. The maximum Gasteiger partial charge on any atom is 0.193 e. The van der Waals surface area contributed by atoms with Crippen LogP contribution in [-0.4, -0.2) is 8.32 Å². The van der Waals surface area contributed by atoms with Crippen LogP contribution < -0.4 is 0 Å². The predicted molar refractivity (Wildman–Crippen MR) is 76.0 cm³/mol. The van der Waals surface area contributed by atoms with E-state index in [0.717, 1.165) is 0 Å². The minimum atomic E-state index is -1.41. The molecule has 0 saturated heterocycles. The molecule has 0 bridgehead atoms. The summed E-state index contributed by atoms with van der Waals surface area (Å²) in [7, 11) is -1.41. The van der Waals surface area contributed by atoms with Gasteiger partial charge in [-0.1, -0.05) is 59.3 Å². The standard InChI is InChI=1S/C14H31OSi/c1-5-9-12-16(15-8-4,13-10-6-2)14-11-7-3/h8H,5-7,9-14H2,1-4H3. The first-order valence-electron chi connectivity index (χ1n) is 7.20. The van der Waals surface area contributed by atoms with Crippen molar-refractivity contribution in [3.05, 3.63) is 6.61 Å². The summed E-state index contributed by atoms with van der Waals surface area (Å²) in [6.07, 6.45) is 7.98. The molecule has 0 heterocycles. The smallest absolute Gasteiger partial charge is 0.193 e. The molecule has 97 valence electrons. The SMILES string of the molecule is C[CH]O[Si](CCCC)(CCCC)CCCC. The van der Waals surface area contributed by atoms with Crippen LogP contribution in [0.25, 0.3) is 0 Å². The molecular formula is C14H31OSi. The Kier molecular flexibility index (Phi) is 10.5. The maximum atomic E-state index is 6.15. The molecule has 0 spiro atoms. The van der Waals surface area contributed by atoms with Gasteiger partial charge >= 0.3 is 0 Å². The van der Waals surface area contributed by atoms with Crippen LogP contribution in [0.4, 0.5) is 0 Å². The van der Waals surface area contributed by atoms with E-state index in [1.165, 1.54) is 56.7 Å². The molecule has 0 fully saturated rings. The zero-order valence-electron chi connectivity index (χ0n) is 11.8. The van der Waals surface area contributed by atoms with Crippen molar-refractivity contribution in [1.82, 2.24) is 0 Å². The number of unbranched alkanes of at least 4 members (excludes halogenated alkanes) is 3. The van der Waals surface area contributed by atoms with E-state index in [2.05, 4.69) is 20.8 Å². The first kappa shape index (κ1) is 16.2. The van der Waals surface area contributed by atoms with E-state index in [1.54, 1.807) is 0 Å². The van der Waals surface area contributed by atoms with Crippen molar-refractivity contribution in [3.63, 3.8) is 0 Å². The van der Waals surface area contributed by atoms with Crippen molar-refractivity contribution in [2.75, 3.05) is 0 Å². The molecule has 0 saturated carbocycles. The highest BCUT2D eigenvalue weighted by molar-refractivity contribution is 6.73. The molecule has 1 nitrogen and oxygen atoms in total. The molecule has 0 N–H and O–H groups in total. The van der Waals surface area contributed by atoms with Gasteiger partial charge in [-0.3, -0.25) is 0 Å². The van der Waals surface area contributed by atoms with E-state index in [9.17, 15) is 0 Å². The first-order valence-corrected chi connectivity index (χ1v) is 9.73. The summed E-state index contributed by atoms with van der Waals surface area (Å²) in [5.74, 6) is 0. The molecule has 0 aromatic carbocycles. The molecule has 16 heavy (non-hydrogen) atoms. The van der Waals surface area contributed by atoms with Crippen molar-refractivity contribution in [3.8, 4) is 0 Å². The van der Waals surface area contributed by atoms with Gasteiger partial charge in [-0.25, -0.2) is 0 Å². The molecule has 1 radical (unpaired) electrons. The van der Waals surface area contributed by atoms with E-state index in [-0.39, 0.29) is 0 Å². The Morgan fingerprint density at radius 1 is 0.812 bits per heavy atom. The van der Waals surface area contributed by atoms with E-state index in [0.29, 0.717) is 0 Å². The highest BCUT2D eigenvalue weighted by atomic mass is 28.4. The van der Waals surface area contributed by atoms with Gasteiger partial charge in [0.05, 0.1) is 6.61 Å². The number of hydrogen-bond acceptors (Lipinski definition) is 1. The second-order valence-corrected chi connectivity index (χ2v) is 8.95. The Balaban J connectivity index is 4.32. The van der Waals surface area contributed by atoms with Crippen LogP contribution in [0.5, 0.6) is 0 Å². The highest BCUT2D eigenvalue weighted by Crippen LogP contribution is 2.30. The van der Waals surface area contributed by atoms with E-state index in [1.807, 2.05) is 13.5 Å². The Morgan fingerprint density at radius 3 is 1.44 bits per heavy atom. The molecule has 0 aromatic heterocycles. The van der Waals surface area contributed by atoms with Crippen LogP contribution in [0.15, 0.2) is 0 Å². The average molecular weight is 243 g/mol. The summed E-state index contributed by atoms with van der Waals surface area (Å²) in [5.41, 5.74) is 0. The lowest BCUT2D eigenvalue weighted by molar-refractivity contribution is 0.385. The van der Waals surface area contributed by atoms with Crippen LogP contribution in [0.1, 0.15) is 66.2 Å². The third-order valence-electron chi connectivity index (χ3n) is 3.33. The molecule has 0 aliphatic carbocycles. The zero-order valence-corrected chi connectivity index (χ0v) is 12.8. The normalized spacial score (nSPS) is 12.0. The molecule has 2 heteroatoms. The lowest BCUT2D eigenvalue weighted by Crippen LogP contribution is -2.37. The molecular weight excluding hydrogens is 212 g/mol. The molecule has 0 rings (SSSR count). The van der Waals surface area contributed by atoms with Gasteiger partial charge < -0.3 is 4.43 Å². The van der Waals surface area contributed by atoms with E-state index in [4.69, 9.17) is 4.43 Å². The number of hydrogen-bond donors (Lipinski definition) is 0. The second-order valence-electron chi connectivity index (χ2n) is 4.85. The fourth-order valence-corrected chi connectivity index (χ4v) is 6.90. The third kappa shape index (κ3) is 6.69. The van der Waals surface area contributed by atoms with Crippen LogP contribution in [0.3, 0.4) is 0 Å². The molecule has 0 aromatic rings. The summed E-state index contributed by atoms with van der Waals surface area (Å²) < 4.78 is 6.15. The van der Waals surface area contributed by atoms with Crippen molar-refractivity contribution in [1.29, 1.82) is 0 Å². The van der Waals surface area contributed by atoms with Gasteiger partial charge in [0.2, 0.25) is 0 Å². The first-order chi connectivity index (χ1) is 7.74. The highest BCUT2D eigenvalue weighted by Gasteiger charge is 2.32. The van der Waals surface area contributed by atoms with Gasteiger partial charge in [0, 0.05) is 0 Å². The topological polar surface area (TPSA) is 9.23 Å². The Bertz CT molecular complexity index is 126. The van der Waals surface area contributed by atoms with Gasteiger partial charge in [0.15, 0.2) is 8.32 Å². The minimum Gasteiger partial charge on any atom is -0.412 e. The van der Waals surface area contributed by atoms with Gasteiger partial charge in [-0.15, -0.1) is 0 Å². The summed E-state index contributed by atoms with van der Waals surface area (Å²) in [4.78, 5) is 0. The Labute approximate surface area is 104 Å². The van der Waals surface area contributed by atoms with Crippen molar-refractivity contribution in [2.45, 2.75) is 84.4 Å². The van der Waals surface area contributed by atoms with Gasteiger partial charge in [0.25, 0.3) is 0 Å². The van der Waals surface area contributed by atoms with E-state index < -0.39 is 8.32 Å². The molecule has 0 unspecified atom stereocenters. The van der Waals surface area contributed by atoms with Crippen LogP contribution in [0, 0.1) is 6.61 Å². The van der Waals surface area contributed by atoms with Gasteiger partial charge in [0.1, 0.15) is 0 Å². The summed E-state index contributed by atoms with van der Waals surface area (Å²) in [5, 5.41) is 0. The fraction of sp³-hybridized carbons (Fsp3) is 0.929. The van der Waals surface area contributed by atoms with Crippen LogP contribution in [-0.2, 0) is 4.43 Å². The van der Waals surface area contributed by atoms with Crippen LogP contribution >= 0.6 is 0 Å². The Morgan fingerprint density at radius 2 is 1.19 bits per heavy atom. The lowest BCUT2D eigenvalue weighted by Gasteiger charge is -2.31. The molecule has 0 aliphatic rings. The second kappa shape index (κ2) is 10.3. The number of rotatable bonds is 11. The van der Waals surface area contributed by atoms with Crippen molar-refractivity contribution in [2.24, 2.45) is 0 Å². The zero-order chi connectivity index (χ0) is 12.3. The maximum absolute atomic E-state index is 6.15. The Hall–Kier alpha value is 0.177. The fourth-order valence-electron chi connectivity index (χ4n) is 2.30. The van der Waals surface area contributed by atoms with Gasteiger partial charge in [-0.05, 0) is 25.1 Å². The van der Waals surface area contributed by atoms with Crippen LogP contribution in [0.2, 0.25) is 18.1 Å². The summed E-state index contributed by atoms with van der Waals surface area (Å²) >= 11 is 0. The molecule has 0 amide bonds. The third-order valence-corrected chi connectivity index (χ3v) is 7.86. The lowest BCUT2D eigenvalue weighted by atomic mass is 10.4. The predicted octanol–water partition coefficient (Wildman–Crippen LogP) is 5.53.